The maximum absolute atomic E-state index is 11.2. The number of methoxy groups -OCH3 is 1. The minimum atomic E-state index is -0.326. The summed E-state index contributed by atoms with van der Waals surface area (Å²) < 4.78 is 6.45. The van der Waals surface area contributed by atoms with E-state index in [0.29, 0.717) is 11.7 Å². The average molecular weight is 272 g/mol. The molecule has 2 heterocycles. The number of fused-ring (bicyclic) bond motifs is 1. The van der Waals surface area contributed by atoms with Gasteiger partial charge in [0.05, 0.1) is 13.7 Å². The summed E-state index contributed by atoms with van der Waals surface area (Å²) in [5, 5.41) is 7.62. The lowest BCUT2D eigenvalue weighted by molar-refractivity contribution is -0.139. The van der Waals surface area contributed by atoms with Gasteiger partial charge in [0.1, 0.15) is 6.42 Å². The zero-order valence-corrected chi connectivity index (χ0v) is 11.2. The Kier molecular flexibility index (Phi) is 3.37. The van der Waals surface area contributed by atoms with E-state index in [1.807, 2.05) is 22.9 Å². The molecule has 20 heavy (non-hydrogen) atoms. The molecule has 0 radical (unpaired) electrons. The van der Waals surface area contributed by atoms with Gasteiger partial charge in [-0.15, -0.1) is 0 Å². The maximum atomic E-state index is 11.2. The van der Waals surface area contributed by atoms with Gasteiger partial charge in [-0.25, -0.2) is 4.68 Å². The summed E-state index contributed by atoms with van der Waals surface area (Å²) in [6.07, 6.45) is 0.105. The summed E-state index contributed by atoms with van der Waals surface area (Å²) in [5.74, 6) is 1.24. The van der Waals surface area contributed by atoms with Gasteiger partial charge in [0.15, 0.2) is 5.82 Å². The standard InChI is InChI=1S/C14H16N4O2/c1-20-13(19)7-12-16-14-15-8-11(9-18(14)17-12)10-5-3-2-4-6-10/h2-6,11H,7-9H2,1H3,(H,15,16,17). The quantitative estimate of drug-likeness (QED) is 0.850. The molecule has 104 valence electrons. The number of nitrogens with one attached hydrogen (secondary N) is 1. The lowest BCUT2D eigenvalue weighted by Gasteiger charge is -2.23. The smallest absolute Gasteiger partial charge is 0.313 e. The first-order valence-corrected chi connectivity index (χ1v) is 6.55. The van der Waals surface area contributed by atoms with Crippen molar-refractivity contribution in [1.82, 2.24) is 14.8 Å². The topological polar surface area (TPSA) is 69.0 Å². The van der Waals surface area contributed by atoms with Crippen molar-refractivity contribution in [2.45, 2.75) is 18.9 Å². The van der Waals surface area contributed by atoms with Crippen LogP contribution >= 0.6 is 0 Å². The molecule has 6 heteroatoms. The van der Waals surface area contributed by atoms with Crippen LogP contribution in [0.4, 0.5) is 5.95 Å². The molecule has 6 nitrogen and oxygen atoms in total. The Hall–Kier alpha value is -2.37. The van der Waals surface area contributed by atoms with Crippen LogP contribution < -0.4 is 5.32 Å². The molecule has 2 aromatic rings. The number of carbonyl (C=O) groups excluding carboxylic acids is 1. The van der Waals surface area contributed by atoms with E-state index >= 15 is 0 Å². The van der Waals surface area contributed by atoms with Crippen molar-refractivity contribution in [3.05, 3.63) is 41.7 Å². The number of rotatable bonds is 3. The zero-order valence-electron chi connectivity index (χ0n) is 11.2. The summed E-state index contributed by atoms with van der Waals surface area (Å²) in [6.45, 7) is 1.58. The van der Waals surface area contributed by atoms with Crippen LogP contribution in [-0.2, 0) is 22.5 Å². The predicted octanol–water partition coefficient (Wildman–Crippen LogP) is 1.20. The van der Waals surface area contributed by atoms with Crippen LogP contribution in [0.25, 0.3) is 0 Å². The molecule has 0 fully saturated rings. The van der Waals surface area contributed by atoms with Crippen molar-refractivity contribution < 1.29 is 9.53 Å². The van der Waals surface area contributed by atoms with E-state index in [1.165, 1.54) is 12.7 Å². The van der Waals surface area contributed by atoms with Crippen LogP contribution in [-0.4, -0.2) is 34.4 Å². The molecule has 0 saturated carbocycles. The molecule has 0 spiro atoms. The molecule has 0 amide bonds. The van der Waals surface area contributed by atoms with Crippen molar-refractivity contribution in [2.75, 3.05) is 19.0 Å². The van der Waals surface area contributed by atoms with Crippen LogP contribution in [0.2, 0.25) is 0 Å². The maximum Gasteiger partial charge on any atom is 0.313 e. The second kappa shape index (κ2) is 5.32. The van der Waals surface area contributed by atoms with Gasteiger partial charge >= 0.3 is 5.97 Å². The van der Waals surface area contributed by atoms with E-state index in [0.717, 1.165) is 19.0 Å². The normalized spacial score (nSPS) is 17.1. The van der Waals surface area contributed by atoms with Crippen LogP contribution in [0.3, 0.4) is 0 Å². The number of anilines is 1. The summed E-state index contributed by atoms with van der Waals surface area (Å²) in [5.41, 5.74) is 1.27. The third-order valence-electron chi connectivity index (χ3n) is 3.42. The largest absolute Gasteiger partial charge is 0.469 e. The molecule has 1 aliphatic rings. The number of hydrogen-bond donors (Lipinski definition) is 1. The third kappa shape index (κ3) is 2.49. The molecule has 0 aliphatic carbocycles. The average Bonchev–Trinajstić information content (AvgIpc) is 2.89. The second-order valence-corrected chi connectivity index (χ2v) is 4.78. The van der Waals surface area contributed by atoms with Crippen molar-refractivity contribution in [3.63, 3.8) is 0 Å². The van der Waals surface area contributed by atoms with Crippen LogP contribution in [0.1, 0.15) is 17.3 Å². The van der Waals surface area contributed by atoms with Gasteiger partial charge in [0, 0.05) is 12.5 Å². The van der Waals surface area contributed by atoms with Gasteiger partial charge in [0.2, 0.25) is 5.95 Å². The Morgan fingerprint density at radius 3 is 3.00 bits per heavy atom. The molecule has 1 aromatic carbocycles. The second-order valence-electron chi connectivity index (χ2n) is 4.78. The van der Waals surface area contributed by atoms with Gasteiger partial charge in [-0.3, -0.25) is 4.79 Å². The summed E-state index contributed by atoms with van der Waals surface area (Å²) in [6, 6.07) is 10.3. The molecule has 1 aliphatic heterocycles. The number of esters is 1. The molecule has 3 rings (SSSR count). The van der Waals surface area contributed by atoms with E-state index in [2.05, 4.69) is 32.3 Å². The van der Waals surface area contributed by atoms with Gasteiger partial charge < -0.3 is 10.1 Å². The fourth-order valence-corrected chi connectivity index (χ4v) is 2.36. The Morgan fingerprint density at radius 1 is 1.45 bits per heavy atom. The zero-order chi connectivity index (χ0) is 13.9. The Balaban J connectivity index is 1.76. The first-order chi connectivity index (χ1) is 9.76. The summed E-state index contributed by atoms with van der Waals surface area (Å²) in [4.78, 5) is 15.6. The number of nitrogens with zero attached hydrogens (tertiary/aromatic N) is 3. The van der Waals surface area contributed by atoms with Gasteiger partial charge in [-0.1, -0.05) is 30.3 Å². The van der Waals surface area contributed by atoms with Gasteiger partial charge in [-0.05, 0) is 5.56 Å². The first kappa shape index (κ1) is 12.7. The molecule has 1 atom stereocenters. The fourth-order valence-electron chi connectivity index (χ4n) is 2.36. The van der Waals surface area contributed by atoms with Gasteiger partial charge in [0.25, 0.3) is 0 Å². The van der Waals surface area contributed by atoms with E-state index in [9.17, 15) is 4.79 Å². The highest BCUT2D eigenvalue weighted by molar-refractivity contribution is 5.71. The summed E-state index contributed by atoms with van der Waals surface area (Å²) in [7, 11) is 1.36. The number of aromatic nitrogens is 3. The molecule has 1 aromatic heterocycles. The van der Waals surface area contributed by atoms with Crippen molar-refractivity contribution >= 4 is 11.9 Å². The number of carbonyl (C=O) groups is 1. The Labute approximate surface area is 116 Å². The van der Waals surface area contributed by atoms with Crippen molar-refractivity contribution in [1.29, 1.82) is 0 Å². The monoisotopic (exact) mass is 272 g/mol. The minimum Gasteiger partial charge on any atom is -0.469 e. The highest BCUT2D eigenvalue weighted by Crippen LogP contribution is 2.24. The molecule has 0 bridgehead atoms. The molecule has 1 unspecified atom stereocenters. The van der Waals surface area contributed by atoms with E-state index in [4.69, 9.17) is 0 Å². The number of benzene rings is 1. The van der Waals surface area contributed by atoms with E-state index < -0.39 is 0 Å². The van der Waals surface area contributed by atoms with Crippen molar-refractivity contribution in [3.8, 4) is 0 Å². The molecular weight excluding hydrogens is 256 g/mol. The Bertz CT molecular complexity index is 609. The third-order valence-corrected chi connectivity index (χ3v) is 3.42. The number of hydrogen-bond acceptors (Lipinski definition) is 5. The minimum absolute atomic E-state index is 0.105. The fraction of sp³-hybridized carbons (Fsp3) is 0.357. The highest BCUT2D eigenvalue weighted by Gasteiger charge is 2.23. The molecule has 1 N–H and O–H groups in total. The SMILES string of the molecule is COC(=O)Cc1nc2n(n1)CC(c1ccccc1)CN2. The number of ether oxygens (including phenoxy) is 1. The highest BCUT2D eigenvalue weighted by atomic mass is 16.5. The van der Waals surface area contributed by atoms with Gasteiger partial charge in [-0.2, -0.15) is 10.1 Å². The van der Waals surface area contributed by atoms with E-state index in [-0.39, 0.29) is 12.4 Å². The first-order valence-electron chi connectivity index (χ1n) is 6.55. The Morgan fingerprint density at radius 2 is 2.25 bits per heavy atom. The predicted molar refractivity (Wildman–Crippen MR) is 73.4 cm³/mol. The van der Waals surface area contributed by atoms with E-state index in [1.54, 1.807) is 0 Å². The van der Waals surface area contributed by atoms with Crippen molar-refractivity contribution in [2.24, 2.45) is 0 Å². The molecule has 0 saturated heterocycles. The van der Waals surface area contributed by atoms with Crippen LogP contribution in [0.5, 0.6) is 0 Å². The van der Waals surface area contributed by atoms with Crippen LogP contribution in [0, 0.1) is 0 Å². The lowest BCUT2D eigenvalue weighted by Crippen LogP contribution is -2.26. The van der Waals surface area contributed by atoms with Crippen LogP contribution in [0.15, 0.2) is 30.3 Å². The lowest BCUT2D eigenvalue weighted by atomic mass is 9.98. The summed E-state index contributed by atoms with van der Waals surface area (Å²) >= 11 is 0. The molecular formula is C14H16N4O2.